The van der Waals surface area contributed by atoms with Gasteiger partial charge in [-0.15, -0.1) is 30.6 Å². The fraction of sp³-hybridized carbons (Fsp3) is 0.378. The Kier molecular flexibility index (Phi) is 21.1. The number of hydrogen-bond donors (Lipinski definition) is 2. The molecule has 25 nitrogen and oxygen atoms in total. The van der Waals surface area contributed by atoms with E-state index in [4.69, 9.17) is 15.0 Å². The Morgan fingerprint density at radius 1 is 0.440 bits per heavy atom. The molecule has 11 heterocycles. The summed E-state index contributed by atoms with van der Waals surface area (Å²) in [6.45, 7) is 20.9. The van der Waals surface area contributed by atoms with Gasteiger partial charge in [0, 0.05) is 46.4 Å². The maximum Gasteiger partial charge on any atom is 0.166 e. The number of nitrogens with one attached hydrogen (secondary N) is 2. The average molecular weight is 1820 g/mol. The first-order chi connectivity index (χ1) is 59.4. The number of fused-ring (bicyclic) bond motifs is 15. The minimum absolute atomic E-state index is 0.00121. The lowest BCUT2D eigenvalue weighted by Crippen LogP contribution is -2.38. The van der Waals surface area contributed by atoms with E-state index >= 15 is 0 Å². The highest BCUT2D eigenvalue weighted by Gasteiger charge is 2.68. The third-order valence-corrected chi connectivity index (χ3v) is 32.4. The van der Waals surface area contributed by atoms with Gasteiger partial charge < -0.3 is 10.6 Å². The summed E-state index contributed by atoms with van der Waals surface area (Å²) in [6, 6.07) is 31.5. The number of aryl methyl sites for hydroxylation is 1. The number of nitrogens with zero attached hydrogens (tertiary/aromatic N) is 18. The Morgan fingerprint density at radius 2 is 0.784 bits per heavy atom. The fourth-order valence-electron chi connectivity index (χ4n) is 21.4. The second-order valence-electron chi connectivity index (χ2n) is 35.8. The highest BCUT2D eigenvalue weighted by Crippen LogP contribution is 2.73. The molecule has 6 bridgehead atoms. The van der Waals surface area contributed by atoms with E-state index in [2.05, 4.69) is 148 Å². The zero-order valence-corrected chi connectivity index (χ0v) is 73.6. The zero-order chi connectivity index (χ0) is 88.0. The molecule has 9 aromatic heterocycles. The third kappa shape index (κ3) is 14.5. The van der Waals surface area contributed by atoms with E-state index in [0.29, 0.717) is 35.5 Å². The van der Waals surface area contributed by atoms with Crippen molar-refractivity contribution in [3.05, 3.63) is 273 Å². The number of sulfone groups is 2. The van der Waals surface area contributed by atoms with E-state index in [9.17, 15) is 47.4 Å². The van der Waals surface area contributed by atoms with Crippen LogP contribution in [0.15, 0.2) is 169 Å². The van der Waals surface area contributed by atoms with Gasteiger partial charge in [-0.2, -0.15) is 15.3 Å². The lowest BCUT2D eigenvalue weighted by Gasteiger charge is -2.38. The molecule has 2 aliphatic heterocycles. The van der Waals surface area contributed by atoms with E-state index in [1.165, 1.54) is 76.6 Å². The highest BCUT2D eigenvalue weighted by atomic mass is 79.9. The molecule has 35 heteroatoms. The molecule has 1 unspecified atom stereocenters. The SMILES string of the molecule is C=C1CC[C@@H](CS(=O)(=O)Cc2ncn(-c3cccc([C@@]45CC[C@@H](c6cc(-c7c(F)cccc7F)nnc64)C5(C)C)n3)n2)N1.C=C1CC[C@H](CS(=O)(=O)Cc2ncn(-c3cccc([C@@]45CC[C@@H](c6cc(-c7c(F)cccc7F)nnc64)C5(C)C)n3)n2)N1.C=S(C)(=O)CCc1ncn(-c2ccc(Br)c([C@@]34CC[C@@H](c5cc(-c6c(F)cccc6F)nnc53)C4(C)C)n2)n1. The Bertz CT molecular complexity index is 6450. The van der Waals surface area contributed by atoms with Crippen LogP contribution >= 0.6 is 15.9 Å². The molecular weight excluding hydrogens is 1730 g/mol. The van der Waals surface area contributed by atoms with Crippen LogP contribution in [0.3, 0.4) is 0 Å². The van der Waals surface area contributed by atoms with Crippen LogP contribution in [0.4, 0.5) is 26.3 Å². The van der Waals surface area contributed by atoms with Gasteiger partial charge in [-0.3, -0.25) is 4.21 Å². The molecule has 6 aliphatic carbocycles. The largest absolute Gasteiger partial charge is 0.385 e. The summed E-state index contributed by atoms with van der Waals surface area (Å²) in [4.78, 5) is 28.0. The van der Waals surface area contributed by atoms with Gasteiger partial charge in [-0.1, -0.05) is 85.0 Å². The molecule has 5 fully saturated rings. The predicted octanol–water partition coefficient (Wildman–Crippen LogP) is 14.8. The van der Waals surface area contributed by atoms with Gasteiger partial charge >= 0.3 is 0 Å². The summed E-state index contributed by atoms with van der Waals surface area (Å²) in [5.74, 6) is 2.43. The number of benzene rings is 3. The summed E-state index contributed by atoms with van der Waals surface area (Å²) in [5.41, 5.74) is 6.68. The predicted molar refractivity (Wildman–Crippen MR) is 462 cm³/mol. The molecule has 0 amide bonds. The van der Waals surface area contributed by atoms with E-state index in [1.807, 2.05) is 36.4 Å². The fourth-order valence-corrected chi connectivity index (χ4v) is 25.6. The number of pyridine rings is 3. The van der Waals surface area contributed by atoms with Crippen molar-refractivity contribution in [1.82, 2.24) is 100 Å². The molecule has 2 saturated heterocycles. The van der Waals surface area contributed by atoms with E-state index in [1.54, 1.807) is 47.6 Å². The molecule has 646 valence electrons. The van der Waals surface area contributed by atoms with Crippen LogP contribution in [-0.4, -0.2) is 152 Å². The Hall–Kier alpha value is -11.2. The van der Waals surface area contributed by atoms with Crippen molar-refractivity contribution in [2.24, 2.45) is 16.2 Å². The van der Waals surface area contributed by atoms with Crippen molar-refractivity contribution in [2.45, 2.75) is 170 Å². The van der Waals surface area contributed by atoms with Crippen molar-refractivity contribution >= 4 is 51.0 Å². The molecule has 125 heavy (non-hydrogen) atoms. The molecule has 3 saturated carbocycles. The Morgan fingerprint density at radius 3 is 1.16 bits per heavy atom. The topological polar surface area (TPSA) is 318 Å². The van der Waals surface area contributed by atoms with Gasteiger partial charge in [0.05, 0.1) is 95.7 Å². The number of allylic oxidation sites excluding steroid dienone is 2. The van der Waals surface area contributed by atoms with Crippen molar-refractivity contribution in [2.75, 3.05) is 23.5 Å². The Labute approximate surface area is 727 Å². The van der Waals surface area contributed by atoms with Gasteiger partial charge in [0.1, 0.15) is 65.4 Å². The molecular formula is C90H89BrF6N20O5S3. The summed E-state index contributed by atoms with van der Waals surface area (Å²) in [6.07, 6.45) is 14.7. The van der Waals surface area contributed by atoms with Crippen LogP contribution in [0.1, 0.15) is 192 Å². The summed E-state index contributed by atoms with van der Waals surface area (Å²) < 4.78 is 156. The van der Waals surface area contributed by atoms with Crippen LogP contribution in [-0.2, 0) is 63.4 Å². The second kappa shape index (κ2) is 31.2. The smallest absolute Gasteiger partial charge is 0.166 e. The molecule has 0 radical (unpaired) electrons. The van der Waals surface area contributed by atoms with E-state index < -0.39 is 80.3 Å². The molecule has 3 aromatic carbocycles. The maximum absolute atomic E-state index is 14.6. The van der Waals surface area contributed by atoms with Gasteiger partial charge in [0.25, 0.3) is 0 Å². The van der Waals surface area contributed by atoms with Crippen molar-refractivity contribution in [1.29, 1.82) is 0 Å². The van der Waals surface area contributed by atoms with Gasteiger partial charge in [-0.05, 0) is 237 Å². The highest BCUT2D eigenvalue weighted by molar-refractivity contribution is 9.10. The zero-order valence-electron chi connectivity index (χ0n) is 69.6. The number of hydrogen-bond acceptors (Lipinski definition) is 22. The maximum atomic E-state index is 14.6. The van der Waals surface area contributed by atoms with Gasteiger partial charge in [0.15, 0.2) is 54.6 Å². The van der Waals surface area contributed by atoms with Crippen LogP contribution in [0.2, 0.25) is 0 Å². The monoisotopic (exact) mass is 1820 g/mol. The standard InChI is InChI=1S/2C31H31F2N7O2S.C28H27BrF2N6OS/c2*1-18-10-11-19(35-18)15-43(41,42)16-26-34-17-40(39-26)27-9-5-8-25(36-27)31-13-12-21(30(31,2)3)20-14-24(37-38-29(20)31)28-22(32)6-4-7-23(28)33;1-27(2)17-10-12-28(27,25-16(17)14-21(34-35-25)24-19(30)6-5-7-20(24)31)26-18(29)8-9-23(33-26)37-15-32-22(36-37)11-13-39(3,4)38/h2*4-9,14,17,19,21,35H,1,10-13,15-16H2,2-3H3;5-9,14-15,17H,3,10-13H2,1-2,4H3/t19-,21+,31+;19-,21-,31-;17-,28+,39?/m100/s1. The summed E-state index contributed by atoms with van der Waals surface area (Å²) in [7, 11) is -9.03. The minimum Gasteiger partial charge on any atom is -0.385 e. The first-order valence-electron chi connectivity index (χ1n) is 41.3. The first kappa shape index (κ1) is 84.7. The van der Waals surface area contributed by atoms with Crippen molar-refractivity contribution in [3.8, 4) is 51.2 Å². The molecule has 8 aliphatic rings. The van der Waals surface area contributed by atoms with Crippen LogP contribution in [0.25, 0.3) is 51.2 Å². The normalized spacial score (nSPS) is 23.5. The van der Waals surface area contributed by atoms with E-state index in [0.717, 1.165) is 131 Å². The van der Waals surface area contributed by atoms with Gasteiger partial charge in [-0.25, -0.2) is 87.1 Å². The number of aromatic nitrogens is 18. The van der Waals surface area contributed by atoms with Crippen LogP contribution in [0, 0.1) is 51.1 Å². The number of halogens is 7. The van der Waals surface area contributed by atoms with Gasteiger partial charge in [0.2, 0.25) is 0 Å². The first-order valence-corrected chi connectivity index (χ1v) is 48.0. The summed E-state index contributed by atoms with van der Waals surface area (Å²) in [5, 5.41) is 46.5. The minimum atomic E-state index is -3.44. The lowest BCUT2D eigenvalue weighted by atomic mass is 9.66. The van der Waals surface area contributed by atoms with E-state index in [-0.39, 0.29) is 115 Å². The molecule has 9 atom stereocenters. The lowest BCUT2D eigenvalue weighted by molar-refractivity contribution is 0.242. The van der Waals surface area contributed by atoms with Crippen molar-refractivity contribution < 1.29 is 47.4 Å². The Balaban J connectivity index is 0.000000128. The van der Waals surface area contributed by atoms with Crippen LogP contribution < -0.4 is 10.6 Å². The molecule has 2 N–H and O–H groups in total. The summed E-state index contributed by atoms with van der Waals surface area (Å²) >= 11 is 3.74. The quantitative estimate of drug-likeness (QED) is 0.0529. The van der Waals surface area contributed by atoms with Crippen LogP contribution in [0.5, 0.6) is 0 Å². The molecule has 12 aromatic rings. The number of rotatable bonds is 20. The second-order valence-corrected chi connectivity index (χ2v) is 43.7. The average Bonchev–Trinajstić information content (AvgIpc) is 1.52. The molecule has 0 spiro atoms. The third-order valence-electron chi connectivity index (χ3n) is 27.5. The molecule has 20 rings (SSSR count). The van der Waals surface area contributed by atoms with Crippen molar-refractivity contribution in [3.63, 3.8) is 0 Å².